The molecule has 0 saturated carbocycles. The molecular weight excluding hydrogens is 466 g/mol. The summed E-state index contributed by atoms with van der Waals surface area (Å²) in [6.45, 7) is 8.24. The number of hydrogen-bond donors (Lipinski definition) is 1. The number of hydrogen-bond acceptors (Lipinski definition) is 8. The van der Waals surface area contributed by atoms with Crippen LogP contribution in [-0.2, 0) is 19.7 Å². The molecule has 0 saturated heterocycles. The first-order chi connectivity index (χ1) is 16.5. The van der Waals surface area contributed by atoms with E-state index in [4.69, 9.17) is 10.5 Å². The number of nitro benzene ring substituents is 1. The number of nitrogens with two attached hydrogens (primary N) is 1. The number of ketones is 1. The van der Waals surface area contributed by atoms with Crippen molar-refractivity contribution in [2.75, 3.05) is 11.5 Å². The predicted octanol–water partition coefficient (Wildman–Crippen LogP) is 5.30. The van der Waals surface area contributed by atoms with E-state index in [9.17, 15) is 19.7 Å². The third kappa shape index (κ3) is 4.48. The highest BCUT2D eigenvalue weighted by Gasteiger charge is 2.44. The van der Waals surface area contributed by atoms with Crippen LogP contribution in [0, 0.1) is 10.1 Å². The van der Waals surface area contributed by atoms with E-state index in [1.807, 2.05) is 12.1 Å². The summed E-state index contributed by atoms with van der Waals surface area (Å²) in [4.78, 5) is 41.1. The molecule has 1 atom stereocenters. The van der Waals surface area contributed by atoms with Crippen molar-refractivity contribution in [3.8, 4) is 0 Å². The van der Waals surface area contributed by atoms with Crippen LogP contribution >= 0.6 is 11.3 Å². The van der Waals surface area contributed by atoms with Gasteiger partial charge in [-0.05, 0) is 49.4 Å². The van der Waals surface area contributed by atoms with Gasteiger partial charge >= 0.3 is 5.97 Å². The zero-order chi connectivity index (χ0) is 25.5. The second-order valence-electron chi connectivity index (χ2n) is 9.65. The molecule has 1 aliphatic heterocycles. The third-order valence-corrected chi connectivity index (χ3v) is 7.83. The number of esters is 1. The van der Waals surface area contributed by atoms with Crippen LogP contribution in [0.2, 0.25) is 0 Å². The van der Waals surface area contributed by atoms with Crippen LogP contribution in [0.25, 0.3) is 0 Å². The molecule has 9 heteroatoms. The third-order valence-electron chi connectivity index (χ3n) is 6.26. The smallest absolute Gasteiger partial charge is 0.338 e. The second kappa shape index (κ2) is 9.30. The Hall–Kier alpha value is -3.46. The van der Waals surface area contributed by atoms with E-state index >= 15 is 0 Å². The zero-order valence-corrected chi connectivity index (χ0v) is 21.1. The summed E-state index contributed by atoms with van der Waals surface area (Å²) < 4.78 is 5.41. The SMILES string of the molecule is CCOC(=O)C1=C(N)N(c2ccc([N+](=O)[O-])cc2)C2=C(C(=O)CCC2)C1c1ccc(C(C)(C)C)s1. The molecule has 4 rings (SSSR count). The monoisotopic (exact) mass is 495 g/mol. The summed E-state index contributed by atoms with van der Waals surface area (Å²) in [6, 6.07) is 9.95. The van der Waals surface area contributed by atoms with E-state index < -0.39 is 16.8 Å². The average molecular weight is 496 g/mol. The molecule has 1 aliphatic carbocycles. The van der Waals surface area contributed by atoms with Gasteiger partial charge in [0.05, 0.1) is 23.0 Å². The molecule has 35 heavy (non-hydrogen) atoms. The summed E-state index contributed by atoms with van der Waals surface area (Å²) in [5.74, 6) is -1.03. The van der Waals surface area contributed by atoms with Crippen LogP contribution in [0.5, 0.6) is 0 Å². The highest BCUT2D eigenvalue weighted by Crippen LogP contribution is 2.49. The van der Waals surface area contributed by atoms with E-state index in [0.717, 1.165) is 15.5 Å². The van der Waals surface area contributed by atoms with Crippen LogP contribution in [0.3, 0.4) is 0 Å². The maximum Gasteiger partial charge on any atom is 0.338 e. The number of non-ortho nitro benzene ring substituents is 1. The van der Waals surface area contributed by atoms with Gasteiger partial charge in [-0.3, -0.25) is 19.8 Å². The second-order valence-corrected chi connectivity index (χ2v) is 10.8. The molecule has 1 aromatic heterocycles. The number of carbonyl (C=O) groups is 2. The highest BCUT2D eigenvalue weighted by atomic mass is 32.1. The first-order valence-electron chi connectivity index (χ1n) is 11.6. The number of Topliss-reactive ketones (excluding diaryl/α,β-unsaturated/α-hetero) is 1. The van der Waals surface area contributed by atoms with E-state index in [-0.39, 0.29) is 34.9 Å². The number of ether oxygens (including phenoxy) is 1. The summed E-state index contributed by atoms with van der Waals surface area (Å²) in [5.41, 5.74) is 8.60. The highest BCUT2D eigenvalue weighted by molar-refractivity contribution is 7.12. The lowest BCUT2D eigenvalue weighted by Crippen LogP contribution is -2.40. The molecule has 2 heterocycles. The van der Waals surface area contributed by atoms with Crippen LogP contribution in [0.15, 0.2) is 59.1 Å². The Morgan fingerprint density at radius 3 is 2.46 bits per heavy atom. The fourth-order valence-corrected chi connectivity index (χ4v) is 5.80. The van der Waals surface area contributed by atoms with Crippen molar-refractivity contribution in [3.63, 3.8) is 0 Å². The molecular formula is C26H29N3O5S. The van der Waals surface area contributed by atoms with Gasteiger partial charge in [0.15, 0.2) is 5.78 Å². The molecule has 8 nitrogen and oxygen atoms in total. The molecule has 0 bridgehead atoms. The number of rotatable bonds is 5. The van der Waals surface area contributed by atoms with Gasteiger partial charge in [0.1, 0.15) is 5.82 Å². The molecule has 1 unspecified atom stereocenters. The summed E-state index contributed by atoms with van der Waals surface area (Å²) >= 11 is 1.57. The molecule has 0 spiro atoms. The van der Waals surface area contributed by atoms with E-state index in [1.54, 1.807) is 35.3 Å². The van der Waals surface area contributed by atoms with Gasteiger partial charge in [0.2, 0.25) is 0 Å². The van der Waals surface area contributed by atoms with Crippen LogP contribution in [0.1, 0.15) is 62.6 Å². The van der Waals surface area contributed by atoms with Crippen molar-refractivity contribution in [1.29, 1.82) is 0 Å². The van der Waals surface area contributed by atoms with Crippen molar-refractivity contribution in [2.24, 2.45) is 5.73 Å². The molecule has 0 fully saturated rings. The summed E-state index contributed by atoms with van der Waals surface area (Å²) in [5, 5.41) is 11.2. The number of anilines is 1. The van der Waals surface area contributed by atoms with Crippen molar-refractivity contribution in [1.82, 2.24) is 0 Å². The van der Waals surface area contributed by atoms with Crippen LogP contribution in [0.4, 0.5) is 11.4 Å². The minimum atomic E-state index is -0.618. The number of benzene rings is 1. The quantitative estimate of drug-likeness (QED) is 0.340. The van der Waals surface area contributed by atoms with Gasteiger partial charge in [0, 0.05) is 45.3 Å². The molecule has 2 N–H and O–H groups in total. The maximum atomic E-state index is 13.4. The van der Waals surface area contributed by atoms with Crippen molar-refractivity contribution in [3.05, 3.63) is 78.9 Å². The lowest BCUT2D eigenvalue weighted by Gasteiger charge is -2.40. The Labute approximate surface area is 208 Å². The topological polar surface area (TPSA) is 116 Å². The summed E-state index contributed by atoms with van der Waals surface area (Å²) in [6.07, 6.45) is 1.65. The molecule has 0 radical (unpaired) electrons. The lowest BCUT2D eigenvalue weighted by atomic mass is 9.77. The maximum absolute atomic E-state index is 13.4. The average Bonchev–Trinajstić information content (AvgIpc) is 3.29. The lowest BCUT2D eigenvalue weighted by molar-refractivity contribution is -0.384. The first-order valence-corrected chi connectivity index (χ1v) is 12.4. The minimum absolute atomic E-state index is 0.0248. The number of allylic oxidation sites excluding steroid dienone is 2. The number of carbonyl (C=O) groups excluding carboxylic acids is 2. The minimum Gasteiger partial charge on any atom is -0.463 e. The van der Waals surface area contributed by atoms with Gasteiger partial charge in [-0.25, -0.2) is 4.79 Å². The number of thiophene rings is 1. The van der Waals surface area contributed by atoms with Gasteiger partial charge in [0.25, 0.3) is 5.69 Å². The van der Waals surface area contributed by atoms with Gasteiger partial charge in [-0.15, -0.1) is 11.3 Å². The van der Waals surface area contributed by atoms with E-state index in [2.05, 4.69) is 20.8 Å². The predicted molar refractivity (Wildman–Crippen MR) is 135 cm³/mol. The van der Waals surface area contributed by atoms with Crippen molar-refractivity contribution >= 4 is 34.5 Å². The Kier molecular flexibility index (Phi) is 6.55. The Morgan fingerprint density at radius 1 is 1.20 bits per heavy atom. The number of nitrogens with zero attached hydrogens (tertiary/aromatic N) is 2. The van der Waals surface area contributed by atoms with Gasteiger partial charge in [-0.1, -0.05) is 20.8 Å². The zero-order valence-electron chi connectivity index (χ0n) is 20.3. The molecule has 1 aromatic carbocycles. The fraction of sp³-hybridized carbons (Fsp3) is 0.385. The largest absolute Gasteiger partial charge is 0.463 e. The molecule has 2 aliphatic rings. The van der Waals surface area contributed by atoms with Crippen molar-refractivity contribution in [2.45, 2.75) is 58.3 Å². The fourth-order valence-electron chi connectivity index (χ4n) is 4.61. The summed E-state index contributed by atoms with van der Waals surface area (Å²) in [7, 11) is 0. The van der Waals surface area contributed by atoms with Crippen LogP contribution < -0.4 is 10.6 Å². The molecule has 184 valence electrons. The van der Waals surface area contributed by atoms with Crippen LogP contribution in [-0.4, -0.2) is 23.3 Å². The molecule has 0 amide bonds. The van der Waals surface area contributed by atoms with E-state index in [0.29, 0.717) is 30.5 Å². The Morgan fingerprint density at radius 2 is 1.89 bits per heavy atom. The van der Waals surface area contributed by atoms with E-state index in [1.165, 1.54) is 12.1 Å². The van der Waals surface area contributed by atoms with Gasteiger partial charge < -0.3 is 10.5 Å². The Bertz CT molecular complexity index is 1250. The normalized spacial score (nSPS) is 18.6. The molecule has 2 aromatic rings. The number of nitro groups is 1. The Balaban J connectivity index is 1.95. The standard InChI is InChI=1S/C26H29N3O5S/c1-5-34-25(31)23-22(19-13-14-20(35-19)26(2,3)4)21-17(7-6-8-18(21)30)28(24(23)27)15-9-11-16(12-10-15)29(32)33/h9-14,22H,5-8,27H2,1-4H3. The van der Waals surface area contributed by atoms with Gasteiger partial charge in [-0.2, -0.15) is 0 Å². The van der Waals surface area contributed by atoms with Crippen molar-refractivity contribution < 1.29 is 19.2 Å². The first kappa shape index (κ1) is 24.7.